The van der Waals surface area contributed by atoms with Crippen LogP contribution in [0.3, 0.4) is 0 Å². The van der Waals surface area contributed by atoms with Crippen molar-refractivity contribution >= 4 is 41.7 Å². The first-order chi connectivity index (χ1) is 9.02. The number of rotatable bonds is 4. The minimum atomic E-state index is 0. The van der Waals surface area contributed by atoms with E-state index < -0.39 is 0 Å². The number of benzene rings is 1. The Labute approximate surface area is 143 Å². The normalized spacial score (nSPS) is 15.0. The molecule has 3 nitrogen and oxygen atoms in total. The molecule has 0 radical (unpaired) electrons. The maximum atomic E-state index is 4.80. The third kappa shape index (κ3) is 4.84. The molecule has 1 saturated carbocycles. The molecular formula is C15H24IN3S. The van der Waals surface area contributed by atoms with E-state index in [4.69, 9.17) is 4.99 Å². The Morgan fingerprint density at radius 3 is 2.10 bits per heavy atom. The monoisotopic (exact) mass is 405 g/mol. The molecule has 0 heterocycles. The second-order valence-electron chi connectivity index (χ2n) is 5.50. The number of hydrogen-bond acceptors (Lipinski definition) is 2. The van der Waals surface area contributed by atoms with E-state index in [2.05, 4.69) is 40.1 Å². The van der Waals surface area contributed by atoms with Crippen LogP contribution in [0, 0.1) is 0 Å². The summed E-state index contributed by atoms with van der Waals surface area (Å²) in [6.07, 6.45) is 2.54. The summed E-state index contributed by atoms with van der Waals surface area (Å²) in [5.41, 5.74) is 0. The minimum Gasteiger partial charge on any atom is -0.349 e. The van der Waals surface area contributed by atoms with E-state index in [1.54, 1.807) is 0 Å². The fraction of sp³-hybridized carbons (Fsp3) is 0.533. The van der Waals surface area contributed by atoms with Crippen molar-refractivity contribution < 1.29 is 0 Å². The topological polar surface area (TPSA) is 18.8 Å². The quantitative estimate of drug-likeness (QED) is 0.435. The van der Waals surface area contributed by atoms with Gasteiger partial charge >= 0.3 is 0 Å². The Morgan fingerprint density at radius 2 is 1.65 bits per heavy atom. The fourth-order valence-corrected chi connectivity index (χ4v) is 3.30. The molecule has 0 aliphatic heterocycles. The van der Waals surface area contributed by atoms with E-state index in [0.29, 0.717) is 4.75 Å². The van der Waals surface area contributed by atoms with Gasteiger partial charge in [0.2, 0.25) is 0 Å². The van der Waals surface area contributed by atoms with E-state index in [1.165, 1.54) is 17.7 Å². The molecule has 0 bridgehead atoms. The number of nitrogens with zero attached hydrogens (tertiary/aromatic N) is 3. The molecule has 5 heteroatoms. The largest absolute Gasteiger partial charge is 0.349 e. The first-order valence-corrected chi connectivity index (χ1v) is 7.47. The molecule has 1 fully saturated rings. The molecule has 0 amide bonds. The van der Waals surface area contributed by atoms with Crippen molar-refractivity contribution in [1.82, 2.24) is 9.80 Å². The summed E-state index contributed by atoms with van der Waals surface area (Å²) in [6.45, 7) is 0.901. The van der Waals surface area contributed by atoms with Crippen molar-refractivity contribution in [2.75, 3.05) is 34.7 Å². The lowest BCUT2D eigenvalue weighted by Crippen LogP contribution is -2.36. The van der Waals surface area contributed by atoms with Crippen LogP contribution in [-0.4, -0.2) is 55.2 Å². The summed E-state index contributed by atoms with van der Waals surface area (Å²) >= 11 is 1.98. The summed E-state index contributed by atoms with van der Waals surface area (Å²) in [7, 11) is 8.18. The number of guanidine groups is 1. The van der Waals surface area contributed by atoms with Gasteiger partial charge in [-0.1, -0.05) is 18.2 Å². The van der Waals surface area contributed by atoms with Crippen LogP contribution in [0.1, 0.15) is 12.8 Å². The first-order valence-electron chi connectivity index (χ1n) is 6.66. The fourth-order valence-electron chi connectivity index (χ4n) is 2.07. The molecule has 1 aliphatic rings. The van der Waals surface area contributed by atoms with Crippen LogP contribution in [0.25, 0.3) is 0 Å². The van der Waals surface area contributed by atoms with E-state index in [1.807, 2.05) is 40.0 Å². The highest BCUT2D eigenvalue weighted by Gasteiger charge is 2.43. The van der Waals surface area contributed by atoms with E-state index in [0.717, 1.165) is 12.5 Å². The summed E-state index contributed by atoms with van der Waals surface area (Å²) in [4.78, 5) is 10.3. The highest BCUT2D eigenvalue weighted by molar-refractivity contribution is 14.0. The Balaban J connectivity index is 0.00000200. The molecule has 0 spiro atoms. The Morgan fingerprint density at radius 1 is 1.10 bits per heavy atom. The second-order valence-corrected chi connectivity index (χ2v) is 7.04. The molecule has 2 rings (SSSR count). The molecule has 20 heavy (non-hydrogen) atoms. The van der Waals surface area contributed by atoms with Gasteiger partial charge in [0.25, 0.3) is 0 Å². The van der Waals surface area contributed by atoms with E-state index >= 15 is 0 Å². The second kappa shape index (κ2) is 7.54. The van der Waals surface area contributed by atoms with Gasteiger partial charge in [0.05, 0.1) is 6.54 Å². The SMILES string of the molecule is CN(C)C(=NCC1(Sc2ccccc2)CC1)N(C)C.I. The van der Waals surface area contributed by atoms with Gasteiger partial charge < -0.3 is 9.80 Å². The zero-order valence-electron chi connectivity index (χ0n) is 12.7. The zero-order chi connectivity index (χ0) is 13.9. The molecule has 0 atom stereocenters. The van der Waals surface area contributed by atoms with Gasteiger partial charge in [-0.2, -0.15) is 0 Å². The van der Waals surface area contributed by atoms with Gasteiger partial charge in [-0.25, -0.2) is 0 Å². The summed E-state index contributed by atoms with van der Waals surface area (Å²) < 4.78 is 0.332. The maximum absolute atomic E-state index is 4.80. The lowest BCUT2D eigenvalue weighted by atomic mass is 10.4. The van der Waals surface area contributed by atoms with Crippen LogP contribution in [-0.2, 0) is 0 Å². The molecule has 0 aromatic heterocycles. The highest BCUT2D eigenvalue weighted by Crippen LogP contribution is 2.51. The van der Waals surface area contributed by atoms with Gasteiger partial charge in [0.15, 0.2) is 5.96 Å². The number of thioether (sulfide) groups is 1. The van der Waals surface area contributed by atoms with E-state index in [-0.39, 0.29) is 24.0 Å². The third-order valence-electron chi connectivity index (χ3n) is 3.19. The molecule has 1 aromatic rings. The Bertz CT molecular complexity index is 432. The number of aliphatic imine (C=N–C) groups is 1. The van der Waals surface area contributed by atoms with Crippen molar-refractivity contribution in [3.63, 3.8) is 0 Å². The van der Waals surface area contributed by atoms with Gasteiger partial charge in [-0.3, -0.25) is 4.99 Å². The van der Waals surface area contributed by atoms with Gasteiger partial charge in [-0.05, 0) is 25.0 Å². The van der Waals surface area contributed by atoms with E-state index in [9.17, 15) is 0 Å². The van der Waals surface area contributed by atoms with Crippen LogP contribution in [0.2, 0.25) is 0 Å². The van der Waals surface area contributed by atoms with Crippen LogP contribution in [0.15, 0.2) is 40.2 Å². The van der Waals surface area contributed by atoms with Crippen LogP contribution >= 0.6 is 35.7 Å². The Hall–Kier alpha value is -0.430. The summed E-state index contributed by atoms with van der Waals surface area (Å²) in [5, 5.41) is 0. The smallest absolute Gasteiger partial charge is 0.195 e. The molecular weight excluding hydrogens is 381 g/mol. The average molecular weight is 405 g/mol. The van der Waals surface area contributed by atoms with Gasteiger partial charge in [0, 0.05) is 37.8 Å². The van der Waals surface area contributed by atoms with Crippen molar-refractivity contribution in [3.05, 3.63) is 30.3 Å². The highest BCUT2D eigenvalue weighted by atomic mass is 127. The number of hydrogen-bond donors (Lipinski definition) is 0. The lowest BCUT2D eigenvalue weighted by Gasteiger charge is -2.23. The number of halogens is 1. The zero-order valence-corrected chi connectivity index (χ0v) is 15.8. The average Bonchev–Trinajstić information content (AvgIpc) is 3.09. The first kappa shape index (κ1) is 17.6. The van der Waals surface area contributed by atoms with Crippen LogP contribution in [0.5, 0.6) is 0 Å². The summed E-state index contributed by atoms with van der Waals surface area (Å²) in [6, 6.07) is 10.7. The van der Waals surface area contributed by atoms with Crippen molar-refractivity contribution in [2.24, 2.45) is 4.99 Å². The van der Waals surface area contributed by atoms with Crippen molar-refractivity contribution in [3.8, 4) is 0 Å². The van der Waals surface area contributed by atoms with Crippen molar-refractivity contribution in [1.29, 1.82) is 0 Å². The Kier molecular flexibility index (Phi) is 6.64. The minimum absolute atomic E-state index is 0. The standard InChI is InChI=1S/C15H23N3S.HI/c1-17(2)14(18(3)4)16-12-15(10-11-15)19-13-8-6-5-7-9-13;/h5-9H,10-12H2,1-4H3;1H. The molecule has 112 valence electrons. The molecule has 0 unspecified atom stereocenters. The van der Waals surface area contributed by atoms with Gasteiger partial charge in [-0.15, -0.1) is 35.7 Å². The third-order valence-corrected chi connectivity index (χ3v) is 4.67. The predicted molar refractivity (Wildman–Crippen MR) is 99.4 cm³/mol. The molecule has 1 aromatic carbocycles. The van der Waals surface area contributed by atoms with Crippen LogP contribution in [0.4, 0.5) is 0 Å². The molecule has 0 N–H and O–H groups in total. The maximum Gasteiger partial charge on any atom is 0.195 e. The van der Waals surface area contributed by atoms with Gasteiger partial charge in [0.1, 0.15) is 0 Å². The van der Waals surface area contributed by atoms with Crippen LogP contribution < -0.4 is 0 Å². The predicted octanol–water partition coefficient (Wildman–Crippen LogP) is 3.41. The summed E-state index contributed by atoms with van der Waals surface area (Å²) in [5.74, 6) is 1.04. The van der Waals surface area contributed by atoms with Crippen molar-refractivity contribution in [2.45, 2.75) is 22.5 Å². The molecule has 0 saturated heterocycles. The lowest BCUT2D eigenvalue weighted by molar-refractivity contribution is 0.479. The molecule has 1 aliphatic carbocycles.